The van der Waals surface area contributed by atoms with Gasteiger partial charge < -0.3 is 24.1 Å². The van der Waals surface area contributed by atoms with Crippen LogP contribution in [0.5, 0.6) is 0 Å². The molecule has 0 unspecified atom stereocenters. The van der Waals surface area contributed by atoms with Crippen LogP contribution in [0.4, 0.5) is 0 Å². The number of hydrogen-bond donors (Lipinski definition) is 1. The van der Waals surface area contributed by atoms with Gasteiger partial charge in [0, 0.05) is 45.1 Å². The van der Waals surface area contributed by atoms with Crippen LogP contribution >= 0.6 is 0 Å². The summed E-state index contributed by atoms with van der Waals surface area (Å²) in [5.41, 5.74) is 1.97. The van der Waals surface area contributed by atoms with E-state index in [1.807, 2.05) is 38.1 Å². The molecule has 1 aromatic carbocycles. The molecule has 0 spiro atoms. The summed E-state index contributed by atoms with van der Waals surface area (Å²) in [6.07, 6.45) is 2.74. The van der Waals surface area contributed by atoms with Crippen molar-refractivity contribution >= 4 is 11.8 Å². The maximum atomic E-state index is 13.3. The highest BCUT2D eigenvalue weighted by Gasteiger charge is 2.21. The predicted molar refractivity (Wildman–Crippen MR) is 131 cm³/mol. The number of hydrogen-bond acceptors (Lipinski definition) is 6. The van der Waals surface area contributed by atoms with E-state index in [4.69, 9.17) is 13.9 Å². The van der Waals surface area contributed by atoms with E-state index >= 15 is 0 Å². The smallest absolute Gasteiger partial charge is 0.273 e. The highest BCUT2D eigenvalue weighted by molar-refractivity contribution is 5.94. The number of carbonyl (C=O) groups is 2. The van der Waals surface area contributed by atoms with Crippen LogP contribution in [0, 0.1) is 0 Å². The second-order valence-corrected chi connectivity index (χ2v) is 9.04. The van der Waals surface area contributed by atoms with E-state index < -0.39 is 0 Å². The van der Waals surface area contributed by atoms with Crippen LogP contribution in [-0.2, 0) is 21.4 Å². The third-order valence-electron chi connectivity index (χ3n) is 5.27. The largest absolute Gasteiger partial charge is 0.446 e. The second-order valence-electron chi connectivity index (χ2n) is 9.04. The van der Waals surface area contributed by atoms with E-state index in [0.717, 1.165) is 12.0 Å². The van der Waals surface area contributed by atoms with Crippen molar-refractivity contribution < 1.29 is 23.5 Å². The maximum Gasteiger partial charge on any atom is 0.273 e. The van der Waals surface area contributed by atoms with Crippen LogP contribution in [0.15, 0.2) is 34.9 Å². The summed E-state index contributed by atoms with van der Waals surface area (Å²) in [6, 6.07) is 7.69. The molecule has 0 fully saturated rings. The first-order valence-corrected chi connectivity index (χ1v) is 12.0. The Balaban J connectivity index is 2.05. The van der Waals surface area contributed by atoms with Crippen molar-refractivity contribution in [1.82, 2.24) is 15.2 Å². The summed E-state index contributed by atoms with van der Waals surface area (Å²) in [7, 11) is 0. The van der Waals surface area contributed by atoms with Gasteiger partial charge in [-0.1, -0.05) is 32.9 Å². The van der Waals surface area contributed by atoms with Crippen LogP contribution in [0.3, 0.4) is 0 Å². The number of nitrogens with one attached hydrogen (secondary N) is 1. The summed E-state index contributed by atoms with van der Waals surface area (Å²) in [5.74, 6) is -0.105. The van der Waals surface area contributed by atoms with Gasteiger partial charge in [0.25, 0.3) is 11.8 Å². The number of carbonyl (C=O) groups excluding carboxylic acids is 2. The van der Waals surface area contributed by atoms with Gasteiger partial charge in [-0.2, -0.15) is 0 Å². The monoisotopic (exact) mass is 473 g/mol. The fourth-order valence-corrected chi connectivity index (χ4v) is 3.31. The lowest BCUT2D eigenvalue weighted by Crippen LogP contribution is -2.32. The molecule has 2 aromatic rings. The minimum atomic E-state index is -0.307. The first kappa shape index (κ1) is 27.5. The van der Waals surface area contributed by atoms with Gasteiger partial charge in [0.2, 0.25) is 5.89 Å². The molecule has 34 heavy (non-hydrogen) atoms. The van der Waals surface area contributed by atoms with Gasteiger partial charge in [-0.05, 0) is 49.8 Å². The van der Waals surface area contributed by atoms with Crippen LogP contribution in [0.25, 0.3) is 0 Å². The van der Waals surface area contributed by atoms with Crippen molar-refractivity contribution in [2.75, 3.05) is 39.5 Å². The molecule has 1 heterocycles. The summed E-state index contributed by atoms with van der Waals surface area (Å²) >= 11 is 0. The fraction of sp³-hybridized carbons (Fsp3) is 0.577. The van der Waals surface area contributed by atoms with Crippen LogP contribution in [0.1, 0.15) is 79.8 Å². The molecule has 0 bridgehead atoms. The Kier molecular flexibility index (Phi) is 11.2. The van der Waals surface area contributed by atoms with Gasteiger partial charge in [-0.3, -0.25) is 9.59 Å². The molecule has 188 valence electrons. The zero-order valence-corrected chi connectivity index (χ0v) is 21.2. The van der Waals surface area contributed by atoms with E-state index in [0.29, 0.717) is 57.4 Å². The Morgan fingerprint density at radius 2 is 1.68 bits per heavy atom. The van der Waals surface area contributed by atoms with Crippen LogP contribution < -0.4 is 5.32 Å². The summed E-state index contributed by atoms with van der Waals surface area (Å²) < 4.78 is 16.2. The summed E-state index contributed by atoms with van der Waals surface area (Å²) in [5, 5.41) is 2.80. The zero-order chi connectivity index (χ0) is 25.0. The number of amides is 2. The molecule has 2 amide bonds. The maximum absolute atomic E-state index is 13.3. The molecule has 0 radical (unpaired) electrons. The molecule has 0 saturated carbocycles. The van der Waals surface area contributed by atoms with Crippen LogP contribution in [0.2, 0.25) is 0 Å². The number of aromatic nitrogens is 1. The van der Waals surface area contributed by atoms with E-state index in [1.54, 1.807) is 4.90 Å². The van der Waals surface area contributed by atoms with Gasteiger partial charge in [-0.25, -0.2) is 4.98 Å². The Labute approximate surface area is 203 Å². The number of benzene rings is 1. The third kappa shape index (κ3) is 8.91. The summed E-state index contributed by atoms with van der Waals surface area (Å²) in [4.78, 5) is 31.6. The third-order valence-corrected chi connectivity index (χ3v) is 5.27. The molecule has 0 saturated heterocycles. The fourth-order valence-electron chi connectivity index (χ4n) is 3.31. The molecule has 0 atom stereocenters. The van der Waals surface area contributed by atoms with Gasteiger partial charge in [0.1, 0.15) is 6.26 Å². The van der Waals surface area contributed by atoms with Crippen LogP contribution in [-0.4, -0.2) is 61.2 Å². The lowest BCUT2D eigenvalue weighted by atomic mass is 9.86. The second kappa shape index (κ2) is 13.9. The lowest BCUT2D eigenvalue weighted by molar-refractivity contribution is 0.0695. The lowest BCUT2D eigenvalue weighted by Gasteiger charge is -2.23. The average molecular weight is 474 g/mol. The standard InChI is InChI=1S/C26H39N3O5/c1-6-32-16-8-14-27-24(30)22-19-34-23(28-22)18-29(15-9-17-33-7-2)25(31)20-10-12-21(13-11-20)26(3,4)5/h10-13,19H,6-9,14-18H2,1-5H3,(H,27,30). The molecule has 8 nitrogen and oxygen atoms in total. The highest BCUT2D eigenvalue weighted by Crippen LogP contribution is 2.23. The molecule has 0 aliphatic heterocycles. The van der Waals surface area contributed by atoms with Crippen molar-refractivity contribution in [1.29, 1.82) is 0 Å². The first-order valence-electron chi connectivity index (χ1n) is 12.0. The molecule has 0 aliphatic rings. The molecule has 0 aliphatic carbocycles. The minimum Gasteiger partial charge on any atom is -0.446 e. The Hall–Kier alpha value is -2.71. The van der Waals surface area contributed by atoms with Crippen molar-refractivity contribution in [3.63, 3.8) is 0 Å². The molecule has 8 heteroatoms. The topological polar surface area (TPSA) is 93.9 Å². The Morgan fingerprint density at radius 3 is 2.29 bits per heavy atom. The van der Waals surface area contributed by atoms with Gasteiger partial charge in [0.15, 0.2) is 5.69 Å². The quantitative estimate of drug-likeness (QED) is 0.413. The molecular weight excluding hydrogens is 434 g/mol. The van der Waals surface area contributed by atoms with E-state index in [9.17, 15) is 9.59 Å². The SMILES string of the molecule is CCOCCCNC(=O)c1coc(CN(CCCOCC)C(=O)c2ccc(C(C)(C)C)cc2)n1. The van der Waals surface area contributed by atoms with Gasteiger partial charge in [0.05, 0.1) is 6.54 Å². The van der Waals surface area contributed by atoms with Gasteiger partial charge in [-0.15, -0.1) is 0 Å². The minimum absolute atomic E-state index is 0.0108. The summed E-state index contributed by atoms with van der Waals surface area (Å²) in [6.45, 7) is 13.9. The van der Waals surface area contributed by atoms with Crippen molar-refractivity contribution in [2.45, 2.75) is 59.4 Å². The molecule has 2 rings (SSSR count). The zero-order valence-electron chi connectivity index (χ0n) is 21.2. The highest BCUT2D eigenvalue weighted by atomic mass is 16.5. The number of oxazole rings is 1. The number of nitrogens with zero attached hydrogens (tertiary/aromatic N) is 2. The molecule has 1 N–H and O–H groups in total. The Bertz CT molecular complexity index is 887. The normalized spacial score (nSPS) is 11.4. The van der Waals surface area contributed by atoms with Crippen molar-refractivity contribution in [3.05, 3.63) is 53.2 Å². The van der Waals surface area contributed by atoms with E-state index in [-0.39, 0.29) is 29.5 Å². The Morgan fingerprint density at radius 1 is 1.03 bits per heavy atom. The van der Waals surface area contributed by atoms with E-state index in [2.05, 4.69) is 31.1 Å². The number of ether oxygens (including phenoxy) is 2. The van der Waals surface area contributed by atoms with E-state index in [1.165, 1.54) is 6.26 Å². The average Bonchev–Trinajstić information content (AvgIpc) is 3.28. The van der Waals surface area contributed by atoms with Gasteiger partial charge >= 0.3 is 0 Å². The number of rotatable bonds is 14. The molecular formula is C26H39N3O5. The first-order chi connectivity index (χ1) is 16.3. The van der Waals surface area contributed by atoms with Crippen molar-refractivity contribution in [3.8, 4) is 0 Å². The van der Waals surface area contributed by atoms with Crippen molar-refractivity contribution in [2.24, 2.45) is 0 Å². The predicted octanol–water partition coefficient (Wildman–Crippen LogP) is 4.20. The molecule has 1 aromatic heterocycles.